The summed E-state index contributed by atoms with van der Waals surface area (Å²) >= 11 is 5.09. The number of hydrogen-bond acceptors (Lipinski definition) is 2. The maximum absolute atomic E-state index is 5.09. The molecule has 1 unspecified atom stereocenters. The van der Waals surface area contributed by atoms with Gasteiger partial charge in [0.2, 0.25) is 0 Å². The molecule has 0 aromatic rings. The molecule has 1 atom stereocenters. The lowest BCUT2D eigenvalue weighted by molar-refractivity contribution is 0.187. The van der Waals surface area contributed by atoms with Crippen LogP contribution in [-0.4, -0.2) is 30.9 Å². The lowest BCUT2D eigenvalue weighted by atomic mass is 10.2. The molecular weight excluding hydrogens is 184 g/mol. The minimum absolute atomic E-state index is 0.360. The number of hydrogen-bond donors (Lipinski definition) is 2. The summed E-state index contributed by atoms with van der Waals surface area (Å²) in [6.07, 6.45) is 0.969. The molecule has 0 aliphatic rings. The topological polar surface area (TPSA) is 33.3 Å². The molecule has 0 radical (unpaired) electrons. The molecule has 3 nitrogen and oxygen atoms in total. The fourth-order valence-corrected chi connectivity index (χ4v) is 1.33. The number of rotatable bonds is 5. The average Bonchev–Trinajstić information content (AvgIpc) is 1.98. The maximum atomic E-state index is 5.09. The van der Waals surface area contributed by atoms with E-state index >= 15 is 0 Å². The van der Waals surface area contributed by atoms with Crippen molar-refractivity contribution < 1.29 is 4.74 Å². The molecule has 0 amide bonds. The third-order valence-electron chi connectivity index (χ3n) is 1.55. The third-order valence-corrected chi connectivity index (χ3v) is 1.79. The van der Waals surface area contributed by atoms with E-state index in [1.165, 1.54) is 0 Å². The van der Waals surface area contributed by atoms with E-state index in [4.69, 9.17) is 17.0 Å². The summed E-state index contributed by atoms with van der Waals surface area (Å²) in [5.41, 5.74) is 0. The Labute approximate surface area is 86.2 Å². The summed E-state index contributed by atoms with van der Waals surface area (Å²) in [6, 6.07) is 0.744. The number of methoxy groups -OCH3 is 1. The number of ether oxygens (including phenoxy) is 1. The second-order valence-electron chi connectivity index (χ2n) is 3.46. The molecule has 0 aromatic carbocycles. The Bertz CT molecular complexity index is 151. The molecule has 0 saturated heterocycles. The molecule has 0 bridgehead atoms. The van der Waals surface area contributed by atoms with Gasteiger partial charge >= 0.3 is 0 Å². The fraction of sp³-hybridized carbons (Fsp3) is 0.889. The van der Waals surface area contributed by atoms with E-state index in [0.717, 1.165) is 18.1 Å². The first-order valence-electron chi connectivity index (χ1n) is 4.62. The molecule has 0 rings (SSSR count). The van der Waals surface area contributed by atoms with Gasteiger partial charge < -0.3 is 15.4 Å². The number of nitrogens with one attached hydrogen (secondary N) is 2. The first-order chi connectivity index (χ1) is 6.06. The summed E-state index contributed by atoms with van der Waals surface area (Å²) < 4.78 is 4.97. The van der Waals surface area contributed by atoms with Gasteiger partial charge in [-0.05, 0) is 39.4 Å². The summed E-state index contributed by atoms with van der Waals surface area (Å²) in [7, 11) is 1.71. The van der Waals surface area contributed by atoms with Crippen LogP contribution in [0.3, 0.4) is 0 Å². The minimum atomic E-state index is 0.360. The van der Waals surface area contributed by atoms with E-state index in [2.05, 4.69) is 31.4 Å². The summed E-state index contributed by atoms with van der Waals surface area (Å²) in [6.45, 7) is 6.98. The smallest absolute Gasteiger partial charge is 0.166 e. The van der Waals surface area contributed by atoms with Crippen LogP contribution in [0.5, 0.6) is 0 Å². The SMILES string of the molecule is COCCC(C)NC(=S)NC(C)C. The van der Waals surface area contributed by atoms with Crippen LogP contribution in [0.25, 0.3) is 0 Å². The van der Waals surface area contributed by atoms with E-state index in [1.54, 1.807) is 7.11 Å². The Morgan fingerprint density at radius 2 is 1.92 bits per heavy atom. The van der Waals surface area contributed by atoms with Crippen LogP contribution in [0, 0.1) is 0 Å². The predicted octanol–water partition coefficient (Wildman–Crippen LogP) is 1.28. The highest BCUT2D eigenvalue weighted by Gasteiger charge is 2.03. The fourth-order valence-electron chi connectivity index (χ4n) is 0.894. The Balaban J connectivity index is 3.53. The summed E-state index contributed by atoms with van der Waals surface area (Å²) in [5, 5.41) is 7.04. The Morgan fingerprint density at radius 3 is 2.38 bits per heavy atom. The largest absolute Gasteiger partial charge is 0.385 e. The zero-order valence-electron chi connectivity index (χ0n) is 8.89. The quantitative estimate of drug-likeness (QED) is 0.661. The monoisotopic (exact) mass is 204 g/mol. The third kappa shape index (κ3) is 7.99. The molecule has 0 fully saturated rings. The number of thiocarbonyl (C=S) groups is 1. The van der Waals surface area contributed by atoms with Gasteiger partial charge in [-0.2, -0.15) is 0 Å². The van der Waals surface area contributed by atoms with Crippen molar-refractivity contribution in [2.75, 3.05) is 13.7 Å². The molecule has 0 aliphatic carbocycles. The van der Waals surface area contributed by atoms with Gasteiger partial charge in [0.05, 0.1) is 0 Å². The van der Waals surface area contributed by atoms with Crippen molar-refractivity contribution in [3.8, 4) is 0 Å². The zero-order chi connectivity index (χ0) is 10.3. The van der Waals surface area contributed by atoms with Gasteiger partial charge in [-0.3, -0.25) is 0 Å². The van der Waals surface area contributed by atoms with Crippen molar-refractivity contribution in [1.29, 1.82) is 0 Å². The average molecular weight is 204 g/mol. The van der Waals surface area contributed by atoms with E-state index in [1.807, 2.05) is 0 Å². The van der Waals surface area contributed by atoms with Crippen LogP contribution in [-0.2, 0) is 4.74 Å². The molecule has 0 spiro atoms. The van der Waals surface area contributed by atoms with Crippen LogP contribution in [0.2, 0.25) is 0 Å². The molecule has 0 aliphatic heterocycles. The van der Waals surface area contributed by atoms with E-state index in [0.29, 0.717) is 12.1 Å². The van der Waals surface area contributed by atoms with Crippen molar-refractivity contribution in [1.82, 2.24) is 10.6 Å². The highest BCUT2D eigenvalue weighted by Crippen LogP contribution is 1.90. The van der Waals surface area contributed by atoms with E-state index in [9.17, 15) is 0 Å². The highest BCUT2D eigenvalue weighted by molar-refractivity contribution is 7.80. The molecule has 4 heteroatoms. The molecule has 0 heterocycles. The maximum Gasteiger partial charge on any atom is 0.166 e. The van der Waals surface area contributed by atoms with Crippen LogP contribution >= 0.6 is 12.2 Å². The van der Waals surface area contributed by atoms with Crippen molar-refractivity contribution in [2.45, 2.75) is 39.3 Å². The van der Waals surface area contributed by atoms with Crippen LogP contribution in [0.4, 0.5) is 0 Å². The van der Waals surface area contributed by atoms with Gasteiger partial charge in [-0.15, -0.1) is 0 Å². The lowest BCUT2D eigenvalue weighted by Crippen LogP contribution is -2.43. The Morgan fingerprint density at radius 1 is 1.31 bits per heavy atom. The van der Waals surface area contributed by atoms with Gasteiger partial charge in [0.15, 0.2) is 5.11 Å². The van der Waals surface area contributed by atoms with Crippen molar-refractivity contribution >= 4 is 17.3 Å². The van der Waals surface area contributed by atoms with Crippen LogP contribution in [0.1, 0.15) is 27.2 Å². The molecule has 2 N–H and O–H groups in total. The minimum Gasteiger partial charge on any atom is -0.385 e. The van der Waals surface area contributed by atoms with Gasteiger partial charge in [0, 0.05) is 25.8 Å². The van der Waals surface area contributed by atoms with E-state index in [-0.39, 0.29) is 0 Å². The summed E-state index contributed by atoms with van der Waals surface area (Å²) in [5.74, 6) is 0. The molecule has 13 heavy (non-hydrogen) atoms. The standard InChI is InChI=1S/C9H20N2OS/c1-7(2)10-9(13)11-8(3)5-6-12-4/h7-8H,5-6H2,1-4H3,(H2,10,11,13). The van der Waals surface area contributed by atoms with Crippen molar-refractivity contribution in [3.05, 3.63) is 0 Å². The molecular formula is C9H20N2OS. The predicted molar refractivity (Wildman–Crippen MR) is 60.0 cm³/mol. The van der Waals surface area contributed by atoms with Crippen LogP contribution < -0.4 is 10.6 Å². The normalized spacial score (nSPS) is 12.7. The molecule has 0 aromatic heterocycles. The van der Waals surface area contributed by atoms with Gasteiger partial charge in [-0.1, -0.05) is 0 Å². The first-order valence-corrected chi connectivity index (χ1v) is 5.03. The van der Waals surface area contributed by atoms with Crippen molar-refractivity contribution in [2.24, 2.45) is 0 Å². The van der Waals surface area contributed by atoms with Gasteiger partial charge in [0.1, 0.15) is 0 Å². The Hall–Kier alpha value is -0.350. The zero-order valence-corrected chi connectivity index (χ0v) is 9.70. The van der Waals surface area contributed by atoms with Crippen LogP contribution in [0.15, 0.2) is 0 Å². The lowest BCUT2D eigenvalue weighted by Gasteiger charge is -2.18. The molecule has 78 valence electrons. The Kier molecular flexibility index (Phi) is 6.90. The second-order valence-corrected chi connectivity index (χ2v) is 3.86. The first kappa shape index (κ1) is 12.7. The summed E-state index contributed by atoms with van der Waals surface area (Å²) in [4.78, 5) is 0. The van der Waals surface area contributed by atoms with Crippen molar-refractivity contribution in [3.63, 3.8) is 0 Å². The second kappa shape index (κ2) is 7.09. The molecule has 0 saturated carbocycles. The van der Waals surface area contributed by atoms with Gasteiger partial charge in [0.25, 0.3) is 0 Å². The highest BCUT2D eigenvalue weighted by atomic mass is 32.1. The van der Waals surface area contributed by atoms with Gasteiger partial charge in [-0.25, -0.2) is 0 Å². The van der Waals surface area contributed by atoms with E-state index < -0.39 is 0 Å².